The van der Waals surface area contributed by atoms with Crippen LogP contribution in [0.3, 0.4) is 0 Å². The van der Waals surface area contributed by atoms with Crippen LogP contribution in [-0.2, 0) is 20.4 Å². The third kappa shape index (κ3) is 8.33. The Kier molecular flexibility index (Phi) is 11.2. The highest BCUT2D eigenvalue weighted by Gasteiger charge is 2.41. The first-order valence-corrected chi connectivity index (χ1v) is 19.1. The number of ether oxygens (including phenoxy) is 1. The number of carbonyl (C=O) groups excluding carboxylic acids is 2. The molecule has 1 aliphatic heterocycles. The van der Waals surface area contributed by atoms with E-state index >= 15 is 0 Å². The fraction of sp³-hybridized carbons (Fsp3) is 0.333. The van der Waals surface area contributed by atoms with Gasteiger partial charge in [-0.25, -0.2) is 10.0 Å². The van der Waals surface area contributed by atoms with Gasteiger partial charge in [0.25, 0.3) is 11.8 Å². The van der Waals surface area contributed by atoms with Gasteiger partial charge in [0.1, 0.15) is 11.6 Å². The van der Waals surface area contributed by atoms with Crippen LogP contribution >= 0.6 is 11.8 Å². The molecule has 0 radical (unpaired) electrons. The number of hydrazine groups is 1. The van der Waals surface area contributed by atoms with Gasteiger partial charge in [-0.1, -0.05) is 101 Å². The molecule has 54 heavy (non-hydrogen) atoms. The Morgan fingerprint density at radius 3 is 2.31 bits per heavy atom. The number of nitrogens with one attached hydrogen (secondary N) is 2. The number of carbonyl (C=O) groups is 2. The van der Waals surface area contributed by atoms with Gasteiger partial charge in [0, 0.05) is 11.3 Å². The highest BCUT2D eigenvalue weighted by molar-refractivity contribution is 8.01. The predicted molar refractivity (Wildman–Crippen MR) is 216 cm³/mol. The van der Waals surface area contributed by atoms with Crippen molar-refractivity contribution in [2.75, 3.05) is 16.9 Å². The molecule has 280 valence electrons. The minimum atomic E-state index is -0.764. The summed E-state index contributed by atoms with van der Waals surface area (Å²) in [5.41, 5.74) is 10.3. The molecule has 12 heteroatoms. The van der Waals surface area contributed by atoms with E-state index in [9.17, 15) is 9.59 Å². The standard InChI is InChI=1S/C42H48N8O3S/c1-9-41(5,6)29-17-23-35(33(25-29)42(7,8)10-2)53-26-36(51)43-30-18-20-32(21-19-30)49-39(52)37(38(46-49)44-34-22-16-27(3)24-28(34)4)54-40-45-47-48-50(40)31-14-12-11-13-15-31/h11-25,37H,9-10,26H2,1-8H3,(H,43,51)(H,44,46). The molecule has 1 atom stereocenters. The summed E-state index contributed by atoms with van der Waals surface area (Å²) in [6.07, 6.45) is 1.94. The molecule has 0 saturated carbocycles. The summed E-state index contributed by atoms with van der Waals surface area (Å²) in [5.74, 6) is 0.637. The number of para-hydroxylation sites is 1. The molecule has 0 bridgehead atoms. The van der Waals surface area contributed by atoms with Crippen LogP contribution in [0.15, 0.2) is 101 Å². The van der Waals surface area contributed by atoms with E-state index in [-0.39, 0.29) is 29.3 Å². The molecule has 1 aromatic heterocycles. The number of aliphatic imine (C=N–C) groups is 1. The molecule has 0 spiro atoms. The van der Waals surface area contributed by atoms with E-state index in [1.165, 1.54) is 22.3 Å². The van der Waals surface area contributed by atoms with Crippen molar-refractivity contribution in [2.45, 2.75) is 89.5 Å². The van der Waals surface area contributed by atoms with Crippen LogP contribution in [0.2, 0.25) is 0 Å². The van der Waals surface area contributed by atoms with Crippen LogP contribution in [0.1, 0.15) is 76.6 Å². The van der Waals surface area contributed by atoms with Gasteiger partial charge in [-0.2, -0.15) is 4.68 Å². The average molecular weight is 745 g/mol. The van der Waals surface area contributed by atoms with Gasteiger partial charge in [0.05, 0.1) is 17.1 Å². The van der Waals surface area contributed by atoms with Crippen LogP contribution < -0.4 is 20.5 Å². The molecule has 5 aromatic rings. The Morgan fingerprint density at radius 2 is 1.63 bits per heavy atom. The third-order valence-electron chi connectivity index (χ3n) is 10.2. The number of amides is 2. The summed E-state index contributed by atoms with van der Waals surface area (Å²) in [5, 5.41) is 16.4. The predicted octanol–water partition coefficient (Wildman–Crippen LogP) is 8.41. The Balaban J connectivity index is 1.19. The van der Waals surface area contributed by atoms with Crippen molar-refractivity contribution >= 4 is 46.5 Å². The molecule has 0 aliphatic carbocycles. The maximum atomic E-state index is 14.1. The quantitative estimate of drug-likeness (QED) is 0.123. The Labute approximate surface area is 321 Å². The lowest BCUT2D eigenvalue weighted by molar-refractivity contribution is -0.118. The minimum absolute atomic E-state index is 0.0326. The molecular formula is C42H48N8O3S. The molecule has 11 nitrogen and oxygen atoms in total. The van der Waals surface area contributed by atoms with Gasteiger partial charge in [0.15, 0.2) is 11.9 Å². The highest BCUT2D eigenvalue weighted by Crippen LogP contribution is 2.39. The number of aryl methyl sites for hydroxylation is 2. The van der Waals surface area contributed by atoms with Crippen LogP contribution in [-0.4, -0.2) is 49.7 Å². The van der Waals surface area contributed by atoms with Crippen molar-refractivity contribution in [3.63, 3.8) is 0 Å². The fourth-order valence-corrected chi connectivity index (χ4v) is 6.99. The number of thioether (sulfide) groups is 1. The summed E-state index contributed by atoms with van der Waals surface area (Å²) in [4.78, 5) is 32.1. The van der Waals surface area contributed by atoms with E-state index in [1.54, 1.807) is 28.9 Å². The first kappa shape index (κ1) is 38.2. The van der Waals surface area contributed by atoms with Crippen molar-refractivity contribution in [2.24, 2.45) is 4.99 Å². The largest absolute Gasteiger partial charge is 0.483 e. The van der Waals surface area contributed by atoms with Gasteiger partial charge in [-0.05, 0) is 108 Å². The van der Waals surface area contributed by atoms with Gasteiger partial charge >= 0.3 is 0 Å². The van der Waals surface area contributed by atoms with Crippen LogP contribution in [0.25, 0.3) is 5.69 Å². The van der Waals surface area contributed by atoms with E-state index in [1.807, 2.05) is 62.4 Å². The first-order valence-electron chi connectivity index (χ1n) is 18.2. The maximum Gasteiger partial charge on any atom is 0.267 e. The van der Waals surface area contributed by atoms with Gasteiger partial charge in [0.2, 0.25) is 5.16 Å². The molecular weight excluding hydrogens is 697 g/mol. The average Bonchev–Trinajstić information content (AvgIpc) is 3.76. The number of amidine groups is 1. The number of aromatic nitrogens is 4. The van der Waals surface area contributed by atoms with E-state index in [2.05, 4.69) is 86.0 Å². The monoisotopic (exact) mass is 744 g/mol. The lowest BCUT2D eigenvalue weighted by Crippen LogP contribution is -2.35. The van der Waals surface area contributed by atoms with Crippen molar-refractivity contribution in [1.82, 2.24) is 25.6 Å². The molecule has 4 aromatic carbocycles. The van der Waals surface area contributed by atoms with E-state index in [0.29, 0.717) is 28.1 Å². The van der Waals surface area contributed by atoms with Crippen molar-refractivity contribution < 1.29 is 14.3 Å². The maximum absolute atomic E-state index is 14.1. The zero-order valence-electron chi connectivity index (χ0n) is 32.2. The molecule has 1 aliphatic rings. The van der Waals surface area contributed by atoms with E-state index in [4.69, 9.17) is 9.73 Å². The zero-order valence-corrected chi connectivity index (χ0v) is 33.0. The lowest BCUT2D eigenvalue weighted by atomic mass is 9.76. The van der Waals surface area contributed by atoms with Gasteiger partial charge in [-0.15, -0.1) is 5.10 Å². The molecule has 1 unspecified atom stereocenters. The van der Waals surface area contributed by atoms with Crippen molar-refractivity contribution in [3.05, 3.63) is 113 Å². The van der Waals surface area contributed by atoms with Crippen molar-refractivity contribution in [3.8, 4) is 11.4 Å². The molecule has 2 heterocycles. The van der Waals surface area contributed by atoms with Crippen LogP contribution in [0.4, 0.5) is 17.1 Å². The topological polar surface area (TPSA) is 127 Å². The summed E-state index contributed by atoms with van der Waals surface area (Å²) in [6, 6.07) is 28.9. The molecule has 2 amide bonds. The number of anilines is 2. The normalized spacial score (nSPS) is 15.4. The molecule has 2 N–H and O–H groups in total. The zero-order chi connectivity index (χ0) is 38.6. The number of tetrazole rings is 1. The second kappa shape index (κ2) is 15.9. The summed E-state index contributed by atoms with van der Waals surface area (Å²) in [7, 11) is 0. The highest BCUT2D eigenvalue weighted by atomic mass is 32.2. The number of rotatable bonds is 13. The summed E-state index contributed by atoms with van der Waals surface area (Å²) in [6.45, 7) is 17.1. The van der Waals surface area contributed by atoms with Crippen LogP contribution in [0, 0.1) is 13.8 Å². The lowest BCUT2D eigenvalue weighted by Gasteiger charge is -2.30. The summed E-state index contributed by atoms with van der Waals surface area (Å²) >= 11 is 1.22. The number of hydrogen-bond donors (Lipinski definition) is 2. The number of hydrogen-bond acceptors (Lipinski definition) is 8. The fourth-order valence-electron chi connectivity index (χ4n) is 6.03. The van der Waals surface area contributed by atoms with E-state index in [0.717, 1.165) is 40.9 Å². The van der Waals surface area contributed by atoms with Gasteiger partial charge < -0.3 is 10.1 Å². The van der Waals surface area contributed by atoms with Gasteiger partial charge in [-0.3, -0.25) is 15.0 Å². The molecule has 1 fully saturated rings. The Hall–Kier alpha value is -5.49. The van der Waals surface area contributed by atoms with Crippen LogP contribution in [0.5, 0.6) is 5.75 Å². The second-order valence-corrected chi connectivity index (χ2v) is 15.9. The number of benzene rings is 4. The molecule has 1 saturated heterocycles. The Morgan fingerprint density at radius 1 is 0.907 bits per heavy atom. The van der Waals surface area contributed by atoms with E-state index < -0.39 is 5.25 Å². The Bertz CT molecular complexity index is 2160. The smallest absolute Gasteiger partial charge is 0.267 e. The third-order valence-corrected chi connectivity index (χ3v) is 11.3. The van der Waals surface area contributed by atoms with Crippen molar-refractivity contribution in [1.29, 1.82) is 0 Å². The molecule has 6 rings (SSSR count). The SMILES string of the molecule is CCC(C)(C)c1ccc(OCC(=O)Nc2ccc(N3NC(=Nc4ccc(C)cc4C)C(Sc4nnnn4-c4ccccc4)C3=O)cc2)c(C(C)(C)CC)c1. The second-order valence-electron chi connectivity index (χ2n) is 14.8. The minimum Gasteiger partial charge on any atom is -0.483 e. The summed E-state index contributed by atoms with van der Waals surface area (Å²) < 4.78 is 7.74. The first-order chi connectivity index (χ1) is 25.8. The number of nitrogens with zero attached hydrogens (tertiary/aromatic N) is 6.